The van der Waals surface area contributed by atoms with Gasteiger partial charge in [-0.2, -0.15) is 0 Å². The number of rotatable bonds is 5. The van der Waals surface area contributed by atoms with Gasteiger partial charge in [0.25, 0.3) is 11.8 Å². The highest BCUT2D eigenvalue weighted by Gasteiger charge is 2.48. The maximum atomic E-state index is 14.1. The van der Waals surface area contributed by atoms with Gasteiger partial charge in [0.15, 0.2) is 5.82 Å². The van der Waals surface area contributed by atoms with Crippen LogP contribution in [-0.2, 0) is 0 Å². The number of hydrogen-bond acceptors (Lipinski definition) is 5. The molecule has 1 aromatic carbocycles. The quantitative estimate of drug-likeness (QED) is 0.526. The van der Waals surface area contributed by atoms with Crippen molar-refractivity contribution in [3.63, 3.8) is 0 Å². The SMILES string of the molecule is Cc1nc(C(=O)N2C[C@@H]3C[C@@H]3C[C@H]2COc2ncc(Cl)cc2F)c(-c2ccccc2)s1. The predicted octanol–water partition coefficient (Wildman–Crippen LogP) is 5.24. The summed E-state index contributed by atoms with van der Waals surface area (Å²) in [5, 5.41) is 1.07. The molecule has 1 aliphatic heterocycles. The number of aryl methyl sites for hydroxylation is 1. The molecular formula is C23H21ClFN3O2S. The van der Waals surface area contributed by atoms with Crippen molar-refractivity contribution in [3.05, 3.63) is 64.1 Å². The Hall–Kier alpha value is -2.51. The third kappa shape index (κ3) is 4.16. The molecule has 5 rings (SSSR count). The lowest BCUT2D eigenvalue weighted by atomic mass is 10.0. The van der Waals surface area contributed by atoms with Gasteiger partial charge in [0, 0.05) is 12.7 Å². The summed E-state index contributed by atoms with van der Waals surface area (Å²) in [7, 11) is 0. The first-order chi connectivity index (χ1) is 15.0. The standard InChI is InChI=1S/C23H21ClFN3O2S/c1-13-27-20(21(31-13)14-5-3-2-4-6-14)23(29)28-11-16-7-15(16)8-18(28)12-30-22-19(25)9-17(24)10-26-22/h2-6,9-10,15-16,18H,7-8,11-12H2,1H3/t15-,16+,18+/m1/s1. The molecule has 0 radical (unpaired) electrons. The predicted molar refractivity (Wildman–Crippen MR) is 118 cm³/mol. The number of carbonyl (C=O) groups is 1. The van der Waals surface area contributed by atoms with E-state index in [1.165, 1.54) is 23.6 Å². The second-order valence-corrected chi connectivity index (χ2v) is 9.77. The molecule has 2 aliphatic rings. The third-order valence-electron chi connectivity index (χ3n) is 5.94. The minimum atomic E-state index is -0.605. The van der Waals surface area contributed by atoms with Gasteiger partial charge in [0.1, 0.15) is 12.3 Å². The molecule has 31 heavy (non-hydrogen) atoms. The van der Waals surface area contributed by atoms with Crippen molar-refractivity contribution in [1.29, 1.82) is 0 Å². The Balaban J connectivity index is 1.39. The van der Waals surface area contributed by atoms with Crippen LogP contribution in [0.25, 0.3) is 10.4 Å². The Kier molecular flexibility index (Phi) is 5.40. The lowest BCUT2D eigenvalue weighted by Crippen LogP contribution is -2.48. The summed E-state index contributed by atoms with van der Waals surface area (Å²) >= 11 is 7.30. The maximum Gasteiger partial charge on any atom is 0.274 e. The van der Waals surface area contributed by atoms with E-state index in [1.54, 1.807) is 0 Å². The van der Waals surface area contributed by atoms with Crippen LogP contribution in [-0.4, -0.2) is 40.0 Å². The van der Waals surface area contributed by atoms with Crippen molar-refractivity contribution in [2.45, 2.75) is 25.8 Å². The number of carbonyl (C=O) groups excluding carboxylic acids is 1. The van der Waals surface area contributed by atoms with Crippen LogP contribution in [0.15, 0.2) is 42.6 Å². The van der Waals surface area contributed by atoms with E-state index < -0.39 is 5.82 Å². The molecule has 1 amide bonds. The Bertz CT molecular complexity index is 1120. The first-order valence-electron chi connectivity index (χ1n) is 10.3. The summed E-state index contributed by atoms with van der Waals surface area (Å²) in [4.78, 5) is 24.9. The van der Waals surface area contributed by atoms with Crippen LogP contribution in [0.3, 0.4) is 0 Å². The zero-order valence-corrected chi connectivity index (χ0v) is 18.5. The van der Waals surface area contributed by atoms with Crippen LogP contribution in [0, 0.1) is 24.6 Å². The van der Waals surface area contributed by atoms with Gasteiger partial charge in [0.2, 0.25) is 0 Å². The van der Waals surface area contributed by atoms with E-state index in [4.69, 9.17) is 16.3 Å². The topological polar surface area (TPSA) is 55.3 Å². The van der Waals surface area contributed by atoms with Gasteiger partial charge in [-0.15, -0.1) is 11.3 Å². The highest BCUT2D eigenvalue weighted by molar-refractivity contribution is 7.15. The number of fused-ring (bicyclic) bond motifs is 1. The van der Waals surface area contributed by atoms with Crippen molar-refractivity contribution in [2.75, 3.05) is 13.2 Å². The van der Waals surface area contributed by atoms with Gasteiger partial charge in [-0.1, -0.05) is 41.9 Å². The van der Waals surface area contributed by atoms with Gasteiger partial charge in [-0.3, -0.25) is 4.79 Å². The molecule has 0 spiro atoms. The van der Waals surface area contributed by atoms with E-state index in [1.807, 2.05) is 42.2 Å². The second-order valence-electron chi connectivity index (χ2n) is 8.13. The molecule has 2 aromatic heterocycles. The summed E-state index contributed by atoms with van der Waals surface area (Å²) < 4.78 is 19.8. The zero-order valence-electron chi connectivity index (χ0n) is 16.9. The van der Waals surface area contributed by atoms with E-state index in [9.17, 15) is 9.18 Å². The van der Waals surface area contributed by atoms with Gasteiger partial charge in [-0.05, 0) is 43.2 Å². The summed E-state index contributed by atoms with van der Waals surface area (Å²) in [5.41, 5.74) is 1.46. The minimum absolute atomic E-state index is 0.0910. The fourth-order valence-electron chi connectivity index (χ4n) is 4.28. The van der Waals surface area contributed by atoms with E-state index in [-0.39, 0.29) is 29.5 Å². The fraction of sp³-hybridized carbons (Fsp3) is 0.348. The van der Waals surface area contributed by atoms with E-state index in [2.05, 4.69) is 9.97 Å². The molecule has 5 nitrogen and oxygen atoms in total. The molecule has 1 saturated heterocycles. The molecule has 3 aromatic rings. The lowest BCUT2D eigenvalue weighted by Gasteiger charge is -2.35. The average Bonchev–Trinajstić information content (AvgIpc) is 3.42. The normalized spacial score (nSPS) is 22.2. The molecule has 160 valence electrons. The molecule has 2 fully saturated rings. The Morgan fingerprint density at radius 3 is 2.87 bits per heavy atom. The maximum absolute atomic E-state index is 14.1. The van der Waals surface area contributed by atoms with Crippen molar-refractivity contribution in [1.82, 2.24) is 14.9 Å². The first-order valence-corrected chi connectivity index (χ1v) is 11.5. The molecule has 3 atom stereocenters. The number of hydrogen-bond donors (Lipinski definition) is 0. The summed E-state index contributed by atoms with van der Waals surface area (Å²) in [6.07, 6.45) is 3.32. The largest absolute Gasteiger partial charge is 0.473 e. The van der Waals surface area contributed by atoms with Crippen LogP contribution in [0.2, 0.25) is 5.02 Å². The monoisotopic (exact) mass is 457 g/mol. The van der Waals surface area contributed by atoms with Crippen LogP contribution in [0.5, 0.6) is 5.88 Å². The highest BCUT2D eigenvalue weighted by atomic mass is 35.5. The van der Waals surface area contributed by atoms with Gasteiger partial charge in [0.05, 0.1) is 20.9 Å². The van der Waals surface area contributed by atoms with E-state index >= 15 is 0 Å². The minimum Gasteiger partial charge on any atom is -0.473 e. The zero-order chi connectivity index (χ0) is 21.5. The number of thiazole rings is 1. The van der Waals surface area contributed by atoms with E-state index in [0.29, 0.717) is 24.1 Å². The van der Waals surface area contributed by atoms with Crippen molar-refractivity contribution >= 4 is 28.8 Å². The number of amides is 1. The molecule has 8 heteroatoms. The number of aromatic nitrogens is 2. The van der Waals surface area contributed by atoms with Crippen LogP contribution >= 0.6 is 22.9 Å². The number of ether oxygens (including phenoxy) is 1. The Morgan fingerprint density at radius 1 is 1.29 bits per heavy atom. The molecule has 0 N–H and O–H groups in total. The number of pyridine rings is 1. The second kappa shape index (κ2) is 8.20. The molecule has 0 unspecified atom stereocenters. The lowest BCUT2D eigenvalue weighted by molar-refractivity contribution is 0.0500. The number of piperidine rings is 1. The number of likely N-dealkylation sites (tertiary alicyclic amines) is 1. The van der Waals surface area contributed by atoms with Gasteiger partial charge in [-0.25, -0.2) is 14.4 Å². The highest BCUT2D eigenvalue weighted by Crippen LogP contribution is 2.47. The van der Waals surface area contributed by atoms with Gasteiger partial charge < -0.3 is 9.64 Å². The van der Waals surface area contributed by atoms with Crippen LogP contribution in [0.4, 0.5) is 4.39 Å². The smallest absolute Gasteiger partial charge is 0.274 e. The average molecular weight is 458 g/mol. The van der Waals surface area contributed by atoms with Crippen molar-refractivity contribution < 1.29 is 13.9 Å². The molecular weight excluding hydrogens is 437 g/mol. The van der Waals surface area contributed by atoms with Gasteiger partial charge >= 0.3 is 0 Å². The summed E-state index contributed by atoms with van der Waals surface area (Å²) in [6.45, 7) is 2.78. The number of nitrogens with zero attached hydrogens (tertiary/aromatic N) is 3. The molecule has 3 heterocycles. The molecule has 0 bridgehead atoms. The van der Waals surface area contributed by atoms with Crippen molar-refractivity contribution in [2.24, 2.45) is 11.8 Å². The molecule has 1 saturated carbocycles. The van der Waals surface area contributed by atoms with Crippen molar-refractivity contribution in [3.8, 4) is 16.3 Å². The van der Waals surface area contributed by atoms with E-state index in [0.717, 1.165) is 28.3 Å². The number of benzene rings is 1. The van der Waals surface area contributed by atoms with Crippen LogP contribution < -0.4 is 4.74 Å². The summed E-state index contributed by atoms with van der Waals surface area (Å²) in [5.74, 6) is 0.347. The van der Waals surface area contributed by atoms with Crippen LogP contribution in [0.1, 0.15) is 28.3 Å². The Labute approximate surface area is 188 Å². The fourth-order valence-corrected chi connectivity index (χ4v) is 5.34. The first kappa shape index (κ1) is 20.4. The third-order valence-corrected chi connectivity index (χ3v) is 7.16. The Morgan fingerprint density at radius 2 is 2.10 bits per heavy atom. The number of halogens is 2. The summed E-state index contributed by atoms with van der Waals surface area (Å²) in [6, 6.07) is 10.9. The molecule has 1 aliphatic carbocycles.